The maximum atomic E-state index is 13.2. The van der Waals surface area contributed by atoms with Crippen LogP contribution in [-0.4, -0.2) is 17.1 Å². The molecular weight excluding hydrogens is 335 g/mol. The largest absolute Gasteiger partial charge is 0.465 e. The van der Waals surface area contributed by atoms with Crippen molar-refractivity contribution in [2.45, 2.75) is 18.9 Å². The molecule has 0 saturated heterocycles. The lowest BCUT2D eigenvalue weighted by atomic mass is 10.0. The summed E-state index contributed by atoms with van der Waals surface area (Å²) < 4.78 is 13.2. The van der Waals surface area contributed by atoms with E-state index in [4.69, 9.17) is 16.7 Å². The number of fused-ring (bicyclic) bond motifs is 1. The third kappa shape index (κ3) is 3.19. The van der Waals surface area contributed by atoms with Crippen molar-refractivity contribution in [2.24, 2.45) is 0 Å². The molecule has 7 heteroatoms. The molecule has 1 aliphatic carbocycles. The Labute approximate surface area is 142 Å². The Hall–Kier alpha value is -2.60. The molecule has 24 heavy (non-hydrogen) atoms. The summed E-state index contributed by atoms with van der Waals surface area (Å²) in [5, 5.41) is 14.0. The molecule has 0 spiro atoms. The molecule has 0 aliphatic heterocycles. The van der Waals surface area contributed by atoms with E-state index in [1.54, 1.807) is 12.1 Å². The van der Waals surface area contributed by atoms with Crippen LogP contribution in [0.4, 0.5) is 14.9 Å². The Morgan fingerprint density at radius 1 is 1.25 bits per heavy atom. The molecule has 2 amide bonds. The molecule has 0 unspecified atom stereocenters. The van der Waals surface area contributed by atoms with Crippen LogP contribution >= 0.6 is 11.6 Å². The number of benzene rings is 2. The quantitative estimate of drug-likeness (QED) is 0.784. The Balaban J connectivity index is 1.85. The van der Waals surface area contributed by atoms with Gasteiger partial charge in [-0.05, 0) is 48.2 Å². The standard InChI is InChI=1S/C17H14ClFN2O3/c18-13-8-9(4-6-14(13)19)20-16(22)12-3-1-2-11-10(12)5-7-15(11)21-17(23)24/h1-4,6,8,15,21H,5,7H2,(H,20,22)(H,23,24)/t15-/m0/s1. The molecule has 0 radical (unpaired) electrons. The maximum Gasteiger partial charge on any atom is 0.405 e. The van der Waals surface area contributed by atoms with E-state index < -0.39 is 11.9 Å². The van der Waals surface area contributed by atoms with Crippen LogP contribution < -0.4 is 10.6 Å². The van der Waals surface area contributed by atoms with Crippen LogP contribution in [-0.2, 0) is 6.42 Å². The number of rotatable bonds is 3. The SMILES string of the molecule is O=C(O)N[C@H]1CCc2c(C(=O)Nc3ccc(F)c(Cl)c3)cccc21. The highest BCUT2D eigenvalue weighted by Gasteiger charge is 2.27. The number of hydrogen-bond acceptors (Lipinski definition) is 2. The van der Waals surface area contributed by atoms with Gasteiger partial charge >= 0.3 is 6.09 Å². The number of halogens is 2. The average Bonchev–Trinajstić information content (AvgIpc) is 2.93. The fraction of sp³-hybridized carbons (Fsp3) is 0.176. The van der Waals surface area contributed by atoms with Gasteiger partial charge in [-0.2, -0.15) is 0 Å². The minimum absolute atomic E-state index is 0.0724. The van der Waals surface area contributed by atoms with Crippen molar-refractivity contribution in [3.63, 3.8) is 0 Å². The summed E-state index contributed by atoms with van der Waals surface area (Å²) in [6.07, 6.45) is 0.117. The lowest BCUT2D eigenvalue weighted by molar-refractivity contribution is 0.102. The number of hydrogen-bond donors (Lipinski definition) is 3. The van der Waals surface area contributed by atoms with Crippen LogP contribution in [0.2, 0.25) is 5.02 Å². The van der Waals surface area contributed by atoms with Gasteiger partial charge in [0, 0.05) is 11.3 Å². The van der Waals surface area contributed by atoms with Crippen LogP contribution in [0, 0.1) is 5.82 Å². The third-order valence-corrected chi connectivity index (χ3v) is 4.28. The van der Waals surface area contributed by atoms with Crippen molar-refractivity contribution in [1.82, 2.24) is 5.32 Å². The van der Waals surface area contributed by atoms with Gasteiger partial charge in [-0.25, -0.2) is 9.18 Å². The first-order valence-corrected chi connectivity index (χ1v) is 7.71. The summed E-state index contributed by atoms with van der Waals surface area (Å²) in [5.41, 5.74) is 2.49. The lowest BCUT2D eigenvalue weighted by Gasteiger charge is -2.13. The van der Waals surface area contributed by atoms with Crippen LogP contribution in [0.3, 0.4) is 0 Å². The summed E-state index contributed by atoms with van der Waals surface area (Å²) in [6.45, 7) is 0. The van der Waals surface area contributed by atoms with Crippen LogP contribution in [0.1, 0.15) is 33.9 Å². The zero-order chi connectivity index (χ0) is 17.3. The van der Waals surface area contributed by atoms with Crippen molar-refractivity contribution in [1.29, 1.82) is 0 Å². The van der Waals surface area contributed by atoms with E-state index in [9.17, 15) is 14.0 Å². The summed E-state index contributed by atoms with van der Waals surface area (Å²) in [4.78, 5) is 23.4. The highest BCUT2D eigenvalue weighted by Crippen LogP contribution is 2.33. The van der Waals surface area contributed by atoms with E-state index in [1.165, 1.54) is 18.2 Å². The summed E-state index contributed by atoms with van der Waals surface area (Å²) >= 11 is 5.71. The van der Waals surface area contributed by atoms with Gasteiger partial charge in [0.15, 0.2) is 0 Å². The minimum Gasteiger partial charge on any atom is -0.465 e. The number of anilines is 1. The molecule has 0 heterocycles. The summed E-state index contributed by atoms with van der Waals surface area (Å²) in [7, 11) is 0. The summed E-state index contributed by atoms with van der Waals surface area (Å²) in [5.74, 6) is -0.900. The third-order valence-electron chi connectivity index (χ3n) is 3.99. The van der Waals surface area contributed by atoms with Gasteiger partial charge in [-0.15, -0.1) is 0 Å². The minimum atomic E-state index is -1.09. The van der Waals surface area contributed by atoms with Gasteiger partial charge in [0.2, 0.25) is 0 Å². The van der Waals surface area contributed by atoms with E-state index in [1.807, 2.05) is 6.07 Å². The monoisotopic (exact) mass is 348 g/mol. The molecular formula is C17H14ClFN2O3. The van der Waals surface area contributed by atoms with Gasteiger partial charge in [0.25, 0.3) is 5.91 Å². The molecule has 0 fully saturated rings. The van der Waals surface area contributed by atoms with Crippen LogP contribution in [0.25, 0.3) is 0 Å². The second kappa shape index (κ2) is 6.49. The van der Waals surface area contributed by atoms with Gasteiger partial charge in [0.1, 0.15) is 5.82 Å². The van der Waals surface area contributed by atoms with Crippen molar-refractivity contribution >= 4 is 29.3 Å². The molecule has 5 nitrogen and oxygen atoms in total. The van der Waals surface area contributed by atoms with Gasteiger partial charge in [-0.1, -0.05) is 23.7 Å². The molecule has 3 N–H and O–H groups in total. The average molecular weight is 349 g/mol. The Morgan fingerprint density at radius 2 is 2.04 bits per heavy atom. The smallest absolute Gasteiger partial charge is 0.405 e. The number of carbonyl (C=O) groups excluding carboxylic acids is 1. The first-order valence-electron chi connectivity index (χ1n) is 7.33. The Bertz CT molecular complexity index is 825. The topological polar surface area (TPSA) is 78.4 Å². The molecule has 0 bridgehead atoms. The highest BCUT2D eigenvalue weighted by atomic mass is 35.5. The molecule has 0 saturated carbocycles. The van der Waals surface area contributed by atoms with Gasteiger partial charge < -0.3 is 15.7 Å². The van der Waals surface area contributed by atoms with Gasteiger partial charge in [-0.3, -0.25) is 4.79 Å². The van der Waals surface area contributed by atoms with Crippen molar-refractivity contribution < 1.29 is 19.1 Å². The molecule has 3 rings (SSSR count). The fourth-order valence-corrected chi connectivity index (χ4v) is 3.12. The highest BCUT2D eigenvalue weighted by molar-refractivity contribution is 6.31. The number of carboxylic acid groups (broad SMARTS) is 1. The molecule has 124 valence electrons. The van der Waals surface area contributed by atoms with E-state index >= 15 is 0 Å². The number of amides is 2. The predicted molar refractivity (Wildman–Crippen MR) is 88.0 cm³/mol. The Kier molecular flexibility index (Phi) is 4.40. The van der Waals surface area contributed by atoms with E-state index in [0.29, 0.717) is 24.1 Å². The van der Waals surface area contributed by atoms with E-state index in [0.717, 1.165) is 11.1 Å². The molecule has 0 aromatic heterocycles. The predicted octanol–water partition coefficient (Wildman–Crippen LogP) is 3.99. The normalized spacial score (nSPS) is 15.7. The molecule has 2 aromatic rings. The van der Waals surface area contributed by atoms with Gasteiger partial charge in [0.05, 0.1) is 11.1 Å². The fourth-order valence-electron chi connectivity index (χ4n) is 2.94. The molecule has 1 aliphatic rings. The van der Waals surface area contributed by atoms with Crippen molar-refractivity contribution in [3.8, 4) is 0 Å². The second-order valence-electron chi connectivity index (χ2n) is 5.50. The maximum absolute atomic E-state index is 13.2. The Morgan fingerprint density at radius 3 is 2.75 bits per heavy atom. The number of nitrogens with one attached hydrogen (secondary N) is 2. The zero-order valence-corrected chi connectivity index (χ0v) is 13.2. The van der Waals surface area contributed by atoms with E-state index in [2.05, 4.69) is 10.6 Å². The lowest BCUT2D eigenvalue weighted by Crippen LogP contribution is -2.25. The molecule has 2 aromatic carbocycles. The second-order valence-corrected chi connectivity index (χ2v) is 5.90. The number of carbonyl (C=O) groups is 2. The summed E-state index contributed by atoms with van der Waals surface area (Å²) in [6, 6.07) is 8.85. The van der Waals surface area contributed by atoms with Crippen LogP contribution in [0.15, 0.2) is 36.4 Å². The molecule has 1 atom stereocenters. The van der Waals surface area contributed by atoms with Crippen molar-refractivity contribution in [3.05, 3.63) is 63.9 Å². The van der Waals surface area contributed by atoms with Crippen LogP contribution in [0.5, 0.6) is 0 Å². The zero-order valence-electron chi connectivity index (χ0n) is 12.5. The van der Waals surface area contributed by atoms with Crippen molar-refractivity contribution in [2.75, 3.05) is 5.32 Å². The first-order chi connectivity index (χ1) is 11.5. The first kappa shape index (κ1) is 16.3. The van der Waals surface area contributed by atoms with E-state index in [-0.39, 0.29) is 17.0 Å².